The third-order valence-corrected chi connectivity index (χ3v) is 4.90. The van der Waals surface area contributed by atoms with E-state index in [4.69, 9.17) is 12.2 Å². The minimum atomic E-state index is 0.601. The molecule has 2 bridgehead atoms. The third kappa shape index (κ3) is 2.76. The molecule has 0 heterocycles. The van der Waals surface area contributed by atoms with Gasteiger partial charge in [-0.25, -0.2) is 0 Å². The Hall–Kier alpha value is -1.09. The van der Waals surface area contributed by atoms with Crippen molar-refractivity contribution in [1.29, 1.82) is 0 Å². The first-order valence-electron chi connectivity index (χ1n) is 7.26. The SMILES string of the molecule is Cc1ccc(NC(=S)N[C@@H]2C[C@@H]3CC[C@@H]2C3)c(C)c1. The summed E-state index contributed by atoms with van der Waals surface area (Å²) in [4.78, 5) is 0. The molecule has 19 heavy (non-hydrogen) atoms. The number of fused-ring (bicyclic) bond motifs is 2. The van der Waals surface area contributed by atoms with E-state index in [0.717, 1.165) is 22.6 Å². The van der Waals surface area contributed by atoms with Gasteiger partial charge < -0.3 is 10.6 Å². The van der Waals surface area contributed by atoms with Crippen LogP contribution in [0.2, 0.25) is 0 Å². The van der Waals surface area contributed by atoms with Crippen molar-refractivity contribution in [3.8, 4) is 0 Å². The van der Waals surface area contributed by atoms with Crippen LogP contribution < -0.4 is 10.6 Å². The molecule has 2 aliphatic rings. The van der Waals surface area contributed by atoms with E-state index in [9.17, 15) is 0 Å². The average Bonchev–Trinajstić information content (AvgIpc) is 2.95. The Morgan fingerprint density at radius 2 is 2.05 bits per heavy atom. The van der Waals surface area contributed by atoms with Crippen LogP contribution in [-0.2, 0) is 0 Å². The number of thiocarbonyl (C=S) groups is 1. The van der Waals surface area contributed by atoms with E-state index in [1.807, 2.05) is 0 Å². The topological polar surface area (TPSA) is 24.1 Å². The van der Waals surface area contributed by atoms with Crippen molar-refractivity contribution in [3.05, 3.63) is 29.3 Å². The van der Waals surface area contributed by atoms with Crippen LogP contribution in [0.5, 0.6) is 0 Å². The van der Waals surface area contributed by atoms with Gasteiger partial charge in [-0.05, 0) is 68.8 Å². The number of hydrogen-bond acceptors (Lipinski definition) is 1. The summed E-state index contributed by atoms with van der Waals surface area (Å²) in [6.45, 7) is 4.23. The lowest BCUT2D eigenvalue weighted by Crippen LogP contribution is -2.40. The zero-order chi connectivity index (χ0) is 13.4. The van der Waals surface area contributed by atoms with Crippen LogP contribution in [0.4, 0.5) is 5.69 Å². The summed E-state index contributed by atoms with van der Waals surface area (Å²) in [5.74, 6) is 1.80. The Morgan fingerprint density at radius 1 is 1.21 bits per heavy atom. The molecule has 0 aliphatic heterocycles. The maximum atomic E-state index is 5.46. The molecule has 2 N–H and O–H groups in total. The lowest BCUT2D eigenvalue weighted by Gasteiger charge is -2.25. The van der Waals surface area contributed by atoms with Gasteiger partial charge in [-0.15, -0.1) is 0 Å². The second kappa shape index (κ2) is 5.12. The molecule has 1 aromatic carbocycles. The number of anilines is 1. The highest BCUT2D eigenvalue weighted by atomic mass is 32.1. The van der Waals surface area contributed by atoms with Gasteiger partial charge >= 0.3 is 0 Å². The van der Waals surface area contributed by atoms with Crippen LogP contribution in [0.3, 0.4) is 0 Å². The lowest BCUT2D eigenvalue weighted by atomic mass is 9.95. The van der Waals surface area contributed by atoms with Gasteiger partial charge in [-0.2, -0.15) is 0 Å². The van der Waals surface area contributed by atoms with E-state index in [2.05, 4.69) is 42.7 Å². The minimum absolute atomic E-state index is 0.601. The van der Waals surface area contributed by atoms with E-state index in [1.54, 1.807) is 0 Å². The summed E-state index contributed by atoms with van der Waals surface area (Å²) < 4.78 is 0. The lowest BCUT2D eigenvalue weighted by molar-refractivity contribution is 0.392. The smallest absolute Gasteiger partial charge is 0.171 e. The predicted molar refractivity (Wildman–Crippen MR) is 84.5 cm³/mol. The Labute approximate surface area is 121 Å². The van der Waals surface area contributed by atoms with Gasteiger partial charge in [0, 0.05) is 11.7 Å². The molecule has 3 atom stereocenters. The molecule has 0 radical (unpaired) electrons. The first kappa shape index (κ1) is 12.9. The van der Waals surface area contributed by atoms with Crippen LogP contribution >= 0.6 is 12.2 Å². The summed E-state index contributed by atoms with van der Waals surface area (Å²) in [6, 6.07) is 7.02. The largest absolute Gasteiger partial charge is 0.359 e. The molecule has 2 saturated carbocycles. The molecule has 2 nitrogen and oxygen atoms in total. The normalized spacial score (nSPS) is 28.4. The molecule has 3 rings (SSSR count). The molecule has 2 aliphatic carbocycles. The Bertz CT molecular complexity index is 498. The minimum Gasteiger partial charge on any atom is -0.359 e. The van der Waals surface area contributed by atoms with Crippen molar-refractivity contribution < 1.29 is 0 Å². The standard InChI is InChI=1S/C16H22N2S/c1-10-3-6-14(11(2)7-10)17-16(19)18-15-9-12-4-5-13(15)8-12/h3,6-7,12-13,15H,4-5,8-9H2,1-2H3,(H2,17,18,19)/t12-,13-,15-/m1/s1. The molecule has 102 valence electrons. The average molecular weight is 274 g/mol. The van der Waals surface area contributed by atoms with Gasteiger partial charge in [0.15, 0.2) is 5.11 Å². The zero-order valence-electron chi connectivity index (χ0n) is 11.7. The van der Waals surface area contributed by atoms with Gasteiger partial charge in [0.25, 0.3) is 0 Å². The van der Waals surface area contributed by atoms with Crippen LogP contribution in [0.15, 0.2) is 18.2 Å². The van der Waals surface area contributed by atoms with Gasteiger partial charge in [-0.3, -0.25) is 0 Å². The Kier molecular flexibility index (Phi) is 3.48. The van der Waals surface area contributed by atoms with Crippen molar-refractivity contribution in [2.45, 2.75) is 45.6 Å². The molecule has 3 heteroatoms. The first-order chi connectivity index (χ1) is 9.11. The molecule has 0 unspecified atom stereocenters. The van der Waals surface area contributed by atoms with Crippen LogP contribution in [0.1, 0.15) is 36.8 Å². The van der Waals surface area contributed by atoms with Crippen LogP contribution in [0.25, 0.3) is 0 Å². The number of hydrogen-bond donors (Lipinski definition) is 2. The van der Waals surface area contributed by atoms with Crippen molar-refractivity contribution in [3.63, 3.8) is 0 Å². The van der Waals surface area contributed by atoms with Crippen molar-refractivity contribution in [2.75, 3.05) is 5.32 Å². The fourth-order valence-electron chi connectivity index (χ4n) is 3.70. The van der Waals surface area contributed by atoms with Crippen LogP contribution in [-0.4, -0.2) is 11.2 Å². The van der Waals surface area contributed by atoms with Crippen molar-refractivity contribution in [2.24, 2.45) is 11.8 Å². The maximum Gasteiger partial charge on any atom is 0.171 e. The van der Waals surface area contributed by atoms with E-state index in [0.29, 0.717) is 6.04 Å². The van der Waals surface area contributed by atoms with Crippen molar-refractivity contribution in [1.82, 2.24) is 5.32 Å². The number of aryl methyl sites for hydroxylation is 2. The zero-order valence-corrected chi connectivity index (χ0v) is 12.5. The third-order valence-electron chi connectivity index (χ3n) is 4.68. The summed E-state index contributed by atoms with van der Waals surface area (Å²) >= 11 is 5.46. The van der Waals surface area contributed by atoms with Gasteiger partial charge in [-0.1, -0.05) is 24.1 Å². The quantitative estimate of drug-likeness (QED) is 0.803. The Balaban J connectivity index is 1.59. The molecule has 0 amide bonds. The Morgan fingerprint density at radius 3 is 2.68 bits per heavy atom. The molecular weight excluding hydrogens is 252 g/mol. The second-order valence-electron chi connectivity index (χ2n) is 6.20. The van der Waals surface area contributed by atoms with Gasteiger partial charge in [0.2, 0.25) is 0 Å². The highest BCUT2D eigenvalue weighted by Crippen LogP contribution is 2.44. The summed E-state index contributed by atoms with van der Waals surface area (Å²) in [5, 5.41) is 7.65. The molecule has 2 fully saturated rings. The second-order valence-corrected chi connectivity index (χ2v) is 6.61. The van der Waals surface area contributed by atoms with Crippen molar-refractivity contribution >= 4 is 23.0 Å². The summed E-state index contributed by atoms with van der Waals surface area (Å²) in [6.07, 6.45) is 5.53. The van der Waals surface area contributed by atoms with Gasteiger partial charge in [0.1, 0.15) is 0 Å². The van der Waals surface area contributed by atoms with E-state index >= 15 is 0 Å². The summed E-state index contributed by atoms with van der Waals surface area (Å²) in [5.41, 5.74) is 3.65. The predicted octanol–water partition coefficient (Wildman–Crippen LogP) is 3.78. The molecule has 1 aromatic rings. The van der Waals surface area contributed by atoms with E-state index < -0.39 is 0 Å². The van der Waals surface area contributed by atoms with Crippen LogP contribution in [0, 0.1) is 25.7 Å². The number of rotatable bonds is 2. The van der Waals surface area contributed by atoms with Gasteiger partial charge in [0.05, 0.1) is 0 Å². The fourth-order valence-corrected chi connectivity index (χ4v) is 3.96. The molecule has 0 aromatic heterocycles. The molecule has 0 spiro atoms. The monoisotopic (exact) mass is 274 g/mol. The molecular formula is C16H22N2S. The highest BCUT2D eigenvalue weighted by molar-refractivity contribution is 7.80. The van der Waals surface area contributed by atoms with E-state index in [1.165, 1.54) is 36.8 Å². The van der Waals surface area contributed by atoms with E-state index in [-0.39, 0.29) is 0 Å². The summed E-state index contributed by atoms with van der Waals surface area (Å²) in [7, 11) is 0. The number of nitrogens with one attached hydrogen (secondary N) is 2. The fraction of sp³-hybridized carbons (Fsp3) is 0.562. The number of benzene rings is 1. The highest BCUT2D eigenvalue weighted by Gasteiger charge is 2.39. The maximum absolute atomic E-state index is 5.46. The first-order valence-corrected chi connectivity index (χ1v) is 7.67. The molecule has 0 saturated heterocycles.